The van der Waals surface area contributed by atoms with Gasteiger partial charge in [0, 0.05) is 11.9 Å². The van der Waals surface area contributed by atoms with E-state index in [1.54, 1.807) is 6.07 Å². The van der Waals surface area contributed by atoms with Crippen LogP contribution >= 0.6 is 15.9 Å². The topological polar surface area (TPSA) is 49.8 Å². The number of benzene rings is 1. The summed E-state index contributed by atoms with van der Waals surface area (Å²) >= 11 is 3.29. The summed E-state index contributed by atoms with van der Waals surface area (Å²) in [4.78, 5) is 12.3. The molecule has 0 fully saturated rings. The summed E-state index contributed by atoms with van der Waals surface area (Å²) in [5, 5.41) is 9.82. The Hall–Kier alpha value is -1.49. The molecule has 1 aliphatic rings. The van der Waals surface area contributed by atoms with E-state index in [1.165, 1.54) is 4.90 Å². The number of halogens is 1. The van der Waals surface area contributed by atoms with Gasteiger partial charge < -0.3 is 9.84 Å². The predicted molar refractivity (Wildman–Crippen MR) is 73.9 cm³/mol. The summed E-state index contributed by atoms with van der Waals surface area (Å²) < 4.78 is 5.56. The van der Waals surface area contributed by atoms with E-state index in [1.807, 2.05) is 24.3 Å². The largest absolute Gasteiger partial charge is 0.490 e. The first kappa shape index (κ1) is 13.0. The molecular weight excluding hydrogens is 298 g/mol. The van der Waals surface area contributed by atoms with Gasteiger partial charge in [-0.2, -0.15) is 0 Å². The first-order chi connectivity index (χ1) is 8.72. The molecular formula is C13H14BrNO3. The van der Waals surface area contributed by atoms with Gasteiger partial charge in [0.1, 0.15) is 12.4 Å². The fourth-order valence-corrected chi connectivity index (χ4v) is 2.21. The molecule has 0 atom stereocenters. The van der Waals surface area contributed by atoms with Gasteiger partial charge in [0.25, 0.3) is 0 Å². The zero-order valence-electron chi connectivity index (χ0n) is 9.80. The van der Waals surface area contributed by atoms with E-state index in [4.69, 9.17) is 9.84 Å². The monoisotopic (exact) mass is 311 g/mol. The van der Waals surface area contributed by atoms with Gasteiger partial charge in [-0.3, -0.25) is 4.90 Å². The van der Waals surface area contributed by atoms with Crippen LogP contribution < -0.4 is 9.64 Å². The highest BCUT2D eigenvalue weighted by Crippen LogP contribution is 2.31. The van der Waals surface area contributed by atoms with Gasteiger partial charge >= 0.3 is 6.09 Å². The van der Waals surface area contributed by atoms with Crippen LogP contribution in [0.5, 0.6) is 5.75 Å². The lowest BCUT2D eigenvalue weighted by Crippen LogP contribution is -2.26. The maximum absolute atomic E-state index is 11.0. The summed E-state index contributed by atoms with van der Waals surface area (Å²) in [6, 6.07) is 5.53. The zero-order valence-corrected chi connectivity index (χ0v) is 11.4. The maximum Gasteiger partial charge on any atom is 0.411 e. The molecule has 1 aromatic carbocycles. The minimum Gasteiger partial charge on any atom is -0.490 e. The number of carbonyl (C=O) groups is 1. The Labute approximate surface area is 114 Å². The number of hydrogen-bond acceptors (Lipinski definition) is 2. The highest BCUT2D eigenvalue weighted by molar-refractivity contribution is 9.09. The Bertz CT molecular complexity index is 473. The van der Waals surface area contributed by atoms with Crippen molar-refractivity contribution in [3.8, 4) is 5.75 Å². The number of alkyl halides is 1. The molecule has 0 aliphatic carbocycles. The van der Waals surface area contributed by atoms with Gasteiger partial charge in [-0.15, -0.1) is 0 Å². The number of ether oxygens (including phenoxy) is 1. The number of anilines is 1. The fraction of sp³-hybridized carbons (Fsp3) is 0.308. The van der Waals surface area contributed by atoms with E-state index in [9.17, 15) is 4.79 Å². The van der Waals surface area contributed by atoms with Crippen molar-refractivity contribution >= 4 is 27.7 Å². The Kier molecular flexibility index (Phi) is 4.25. The van der Waals surface area contributed by atoms with E-state index < -0.39 is 6.09 Å². The van der Waals surface area contributed by atoms with Crippen molar-refractivity contribution < 1.29 is 14.6 Å². The Morgan fingerprint density at radius 3 is 3.06 bits per heavy atom. The van der Waals surface area contributed by atoms with E-state index >= 15 is 0 Å². The van der Waals surface area contributed by atoms with Gasteiger partial charge in [-0.25, -0.2) is 4.79 Å². The maximum atomic E-state index is 11.0. The van der Waals surface area contributed by atoms with Crippen LogP contribution in [-0.2, 0) is 6.42 Å². The molecule has 96 valence electrons. The van der Waals surface area contributed by atoms with Crippen molar-refractivity contribution in [1.82, 2.24) is 0 Å². The molecule has 1 aromatic rings. The van der Waals surface area contributed by atoms with Crippen LogP contribution in [0.15, 0.2) is 30.4 Å². The number of rotatable bonds is 4. The minimum atomic E-state index is -0.900. The average Bonchev–Trinajstić information content (AvgIpc) is 2.77. The number of hydrogen-bond donors (Lipinski definition) is 1. The van der Waals surface area contributed by atoms with E-state index in [0.717, 1.165) is 28.8 Å². The van der Waals surface area contributed by atoms with Crippen LogP contribution in [0.1, 0.15) is 5.56 Å². The smallest absolute Gasteiger partial charge is 0.411 e. The molecule has 0 spiro atoms. The lowest BCUT2D eigenvalue weighted by molar-refractivity contribution is 0.202. The van der Waals surface area contributed by atoms with E-state index in [-0.39, 0.29) is 0 Å². The molecule has 0 saturated heterocycles. The average molecular weight is 312 g/mol. The predicted octanol–water partition coefficient (Wildman–Crippen LogP) is 3.06. The normalized spacial score (nSPS) is 13.9. The third kappa shape index (κ3) is 2.85. The summed E-state index contributed by atoms with van der Waals surface area (Å²) in [5.74, 6) is 0.778. The Balaban J connectivity index is 2.05. The van der Waals surface area contributed by atoms with Crippen LogP contribution in [0.2, 0.25) is 0 Å². The Morgan fingerprint density at radius 1 is 1.50 bits per heavy atom. The first-order valence-electron chi connectivity index (χ1n) is 5.69. The molecule has 1 aliphatic heterocycles. The van der Waals surface area contributed by atoms with Gasteiger partial charge in [-0.1, -0.05) is 28.1 Å². The van der Waals surface area contributed by atoms with Gasteiger partial charge in [0.2, 0.25) is 0 Å². The lowest BCUT2D eigenvalue weighted by Gasteiger charge is -2.12. The van der Waals surface area contributed by atoms with Gasteiger partial charge in [0.05, 0.1) is 5.69 Å². The minimum absolute atomic E-state index is 0.521. The molecule has 1 heterocycles. The second kappa shape index (κ2) is 5.91. The van der Waals surface area contributed by atoms with Crippen LogP contribution in [0.3, 0.4) is 0 Å². The van der Waals surface area contributed by atoms with E-state index in [2.05, 4.69) is 15.9 Å². The summed E-state index contributed by atoms with van der Waals surface area (Å²) in [7, 11) is 0. The third-order valence-electron chi connectivity index (χ3n) is 2.78. The lowest BCUT2D eigenvalue weighted by atomic mass is 10.1. The molecule has 1 amide bonds. The molecule has 5 heteroatoms. The van der Waals surface area contributed by atoms with Crippen LogP contribution in [0.25, 0.3) is 0 Å². The van der Waals surface area contributed by atoms with Gasteiger partial charge in [-0.05, 0) is 30.2 Å². The number of allylic oxidation sites excluding steroid dienone is 1. The first-order valence-corrected chi connectivity index (χ1v) is 6.81. The van der Waals surface area contributed by atoms with Crippen LogP contribution in [0.4, 0.5) is 10.5 Å². The second-order valence-corrected chi connectivity index (χ2v) is 4.56. The van der Waals surface area contributed by atoms with Crippen LogP contribution in [0, 0.1) is 0 Å². The Morgan fingerprint density at radius 2 is 2.33 bits per heavy atom. The van der Waals surface area contributed by atoms with Crippen LogP contribution in [-0.4, -0.2) is 29.7 Å². The highest BCUT2D eigenvalue weighted by Gasteiger charge is 2.24. The van der Waals surface area contributed by atoms with Crippen molar-refractivity contribution in [3.05, 3.63) is 35.9 Å². The number of carboxylic acid groups (broad SMARTS) is 1. The quantitative estimate of drug-likeness (QED) is 0.687. The van der Waals surface area contributed by atoms with E-state index in [0.29, 0.717) is 13.2 Å². The molecule has 0 bridgehead atoms. The third-order valence-corrected chi connectivity index (χ3v) is 3.15. The van der Waals surface area contributed by atoms with Crippen molar-refractivity contribution in [1.29, 1.82) is 0 Å². The summed E-state index contributed by atoms with van der Waals surface area (Å²) in [6.45, 7) is 1.05. The molecule has 18 heavy (non-hydrogen) atoms. The van der Waals surface area contributed by atoms with Crippen molar-refractivity contribution in [2.45, 2.75) is 6.42 Å². The standard InChI is InChI=1S/C13H14BrNO3/c14-6-1-2-8-18-11-3-4-12-10(9-11)5-7-15(12)13(16)17/h1-4,9H,5-8H2,(H,16,17)/b2-1+. The van der Waals surface area contributed by atoms with Gasteiger partial charge in [0.15, 0.2) is 0 Å². The number of amides is 1. The summed E-state index contributed by atoms with van der Waals surface area (Å²) in [5.41, 5.74) is 1.80. The number of fused-ring (bicyclic) bond motifs is 1. The molecule has 4 nitrogen and oxygen atoms in total. The summed E-state index contributed by atoms with van der Waals surface area (Å²) in [6.07, 6.45) is 3.75. The highest BCUT2D eigenvalue weighted by atomic mass is 79.9. The SMILES string of the molecule is O=C(O)N1CCc2cc(OC/C=C/CBr)ccc21. The molecule has 1 N–H and O–H groups in total. The fourth-order valence-electron chi connectivity index (χ4n) is 1.94. The second-order valence-electron chi connectivity index (χ2n) is 3.91. The molecule has 0 aromatic heterocycles. The molecule has 0 unspecified atom stereocenters. The zero-order chi connectivity index (χ0) is 13.0. The van der Waals surface area contributed by atoms with Crippen molar-refractivity contribution in [3.63, 3.8) is 0 Å². The van der Waals surface area contributed by atoms with Crippen molar-refractivity contribution in [2.75, 3.05) is 23.4 Å². The molecule has 0 radical (unpaired) electrons. The number of nitrogens with zero attached hydrogens (tertiary/aromatic N) is 1. The molecule has 0 saturated carbocycles. The molecule has 2 rings (SSSR count). The van der Waals surface area contributed by atoms with Crippen molar-refractivity contribution in [2.24, 2.45) is 0 Å².